The summed E-state index contributed by atoms with van der Waals surface area (Å²) >= 11 is 0. The number of para-hydroxylation sites is 4. The molecule has 7 heteroatoms. The fraction of sp³-hybridized carbons (Fsp3) is 0.151. The molecule has 2 aliphatic heterocycles. The van der Waals surface area contributed by atoms with E-state index in [0.717, 1.165) is 123 Å². The minimum atomic E-state index is -0.121. The second-order valence-corrected chi connectivity index (χ2v) is 24.4. The molecule has 15 rings (SSSR count). The molecule has 4 aromatic heterocycles. The highest BCUT2D eigenvalue weighted by Gasteiger charge is 2.45. The van der Waals surface area contributed by atoms with Crippen molar-refractivity contribution in [2.75, 3.05) is 9.80 Å². The van der Waals surface area contributed by atoms with Crippen molar-refractivity contribution in [2.24, 2.45) is 0 Å². The molecule has 0 spiro atoms. The van der Waals surface area contributed by atoms with Crippen LogP contribution in [0.2, 0.25) is 0 Å². The van der Waals surface area contributed by atoms with Crippen molar-refractivity contribution < 1.29 is 17.7 Å². The molecule has 0 atom stereocenters. The predicted molar refractivity (Wildman–Crippen MR) is 333 cm³/mol. The van der Waals surface area contributed by atoms with E-state index in [1.165, 1.54) is 33.1 Å². The summed E-state index contributed by atoms with van der Waals surface area (Å²) in [5.74, 6) is 0.195. The second-order valence-electron chi connectivity index (χ2n) is 24.4. The quantitative estimate of drug-likeness (QED) is 0.148. The van der Waals surface area contributed by atoms with Crippen LogP contribution >= 0.6 is 0 Å². The lowest BCUT2D eigenvalue weighted by atomic mass is 9.33. The zero-order valence-corrected chi connectivity index (χ0v) is 46.3. The summed E-state index contributed by atoms with van der Waals surface area (Å²) in [7, 11) is 0. The highest BCUT2D eigenvalue weighted by molar-refractivity contribution is 7.00. The molecule has 13 aromatic rings. The lowest BCUT2D eigenvalue weighted by molar-refractivity contribution is 0.590. The Morgan fingerprint density at radius 2 is 0.688 bits per heavy atom. The van der Waals surface area contributed by atoms with Gasteiger partial charge in [-0.3, -0.25) is 0 Å². The van der Waals surface area contributed by atoms with Gasteiger partial charge in [-0.2, -0.15) is 0 Å². The molecule has 0 saturated heterocycles. The first-order valence-corrected chi connectivity index (χ1v) is 28.0. The fourth-order valence-electron chi connectivity index (χ4n) is 12.8. The Labute approximate surface area is 466 Å². The Morgan fingerprint density at radius 1 is 0.362 bits per heavy atom. The Balaban J connectivity index is 1.05. The zero-order chi connectivity index (χ0) is 54.3. The Morgan fingerprint density at radius 3 is 1.00 bits per heavy atom. The van der Waals surface area contributed by atoms with Crippen LogP contribution in [0.5, 0.6) is 0 Å². The van der Waals surface area contributed by atoms with E-state index >= 15 is 0 Å². The van der Waals surface area contributed by atoms with E-state index in [9.17, 15) is 0 Å². The molecule has 6 nitrogen and oxygen atoms in total. The smallest absolute Gasteiger partial charge is 0.252 e. The number of hydrogen-bond donors (Lipinski definition) is 0. The second kappa shape index (κ2) is 17.7. The molecule has 2 aliphatic rings. The third-order valence-corrected chi connectivity index (χ3v) is 17.0. The number of benzene rings is 9. The van der Waals surface area contributed by atoms with Crippen molar-refractivity contribution in [3.63, 3.8) is 0 Å². The average Bonchev–Trinajstić information content (AvgIpc) is 4.44. The summed E-state index contributed by atoms with van der Waals surface area (Å²) < 4.78 is 25.3. The first kappa shape index (κ1) is 48.0. The molecule has 6 heterocycles. The lowest BCUT2D eigenvalue weighted by Crippen LogP contribution is -2.61. The molecule has 0 aliphatic carbocycles. The Bertz CT molecular complexity index is 4170. The van der Waals surface area contributed by atoms with Crippen LogP contribution in [0.4, 0.5) is 34.1 Å². The lowest BCUT2D eigenvalue weighted by Gasteiger charge is -2.45. The topological polar surface area (TPSA) is 59.0 Å². The van der Waals surface area contributed by atoms with Crippen molar-refractivity contribution in [3.8, 4) is 44.5 Å². The van der Waals surface area contributed by atoms with E-state index < -0.39 is 0 Å². The molecular weight excluding hydrogens is 980 g/mol. The van der Waals surface area contributed by atoms with Gasteiger partial charge in [0.1, 0.15) is 22.3 Å². The van der Waals surface area contributed by atoms with Gasteiger partial charge in [-0.05, 0) is 157 Å². The van der Waals surface area contributed by atoms with Crippen molar-refractivity contribution in [2.45, 2.75) is 72.1 Å². The fourth-order valence-corrected chi connectivity index (χ4v) is 12.8. The third kappa shape index (κ3) is 7.54. The number of anilines is 6. The summed E-state index contributed by atoms with van der Waals surface area (Å²) in [6, 6.07) is 66.9. The van der Waals surface area contributed by atoms with Crippen molar-refractivity contribution in [1.29, 1.82) is 0 Å². The number of furan rings is 4. The number of fused-ring (bicyclic) bond motifs is 8. The Hall–Kier alpha value is -9.20. The van der Waals surface area contributed by atoms with Crippen LogP contribution in [-0.2, 0) is 10.8 Å². The van der Waals surface area contributed by atoms with Crippen LogP contribution in [0.1, 0.15) is 78.0 Å². The normalized spacial score (nSPS) is 13.3. The molecule has 0 fully saturated rings. The molecule has 0 saturated carbocycles. The minimum absolute atomic E-state index is 0.111. The average molecular weight is 1040 g/mol. The van der Waals surface area contributed by atoms with Crippen LogP contribution in [0.15, 0.2) is 225 Å². The monoisotopic (exact) mass is 1040 g/mol. The van der Waals surface area contributed by atoms with Crippen LogP contribution in [0.25, 0.3) is 88.4 Å². The summed E-state index contributed by atoms with van der Waals surface area (Å²) in [5, 5.41) is 4.26. The molecule has 0 N–H and O–H groups in total. The van der Waals surface area contributed by atoms with Gasteiger partial charge in [0.15, 0.2) is 0 Å². The van der Waals surface area contributed by atoms with Gasteiger partial charge in [-0.1, -0.05) is 152 Å². The van der Waals surface area contributed by atoms with Crippen molar-refractivity contribution >= 4 is 101 Å². The van der Waals surface area contributed by atoms with Crippen LogP contribution < -0.4 is 26.2 Å². The van der Waals surface area contributed by atoms with E-state index in [1.807, 2.05) is 73.6 Å². The summed E-state index contributed by atoms with van der Waals surface area (Å²) in [6.45, 7) is 18.5. The highest BCUT2D eigenvalue weighted by atomic mass is 16.3. The summed E-state index contributed by atoms with van der Waals surface area (Å²) in [5.41, 5.74) is 25.9. The van der Waals surface area contributed by atoms with Gasteiger partial charge in [0.05, 0.1) is 25.1 Å². The maximum Gasteiger partial charge on any atom is 0.252 e. The standard InChI is InChI=1S/C73H59BN2O4/c1-43(2)44-35-65-71-66(36-44)76(52-33-47(59-41-79-69-23-15-11-19-55(59)69)30-48(34-52)60-42-80-70-24-16-12-20-56(60)70)64-28-26-50(73(6,7)8)38-62(64)74(71)61-37-49(72(3,4)5)25-27-63(61)75(65)51-31-45(57-39-77-67-21-13-9-17-53(57)67)29-46(32-51)58-40-78-68-22-14-10-18-54(58)68/h9-43H,1-8H3. The van der Waals surface area contributed by atoms with Crippen LogP contribution in [0, 0.1) is 0 Å². The molecule has 80 heavy (non-hydrogen) atoms. The minimum Gasteiger partial charge on any atom is -0.464 e. The van der Waals surface area contributed by atoms with Crippen LogP contribution in [0.3, 0.4) is 0 Å². The maximum atomic E-state index is 6.32. The molecule has 388 valence electrons. The van der Waals surface area contributed by atoms with Gasteiger partial charge < -0.3 is 27.5 Å². The molecule has 9 aromatic carbocycles. The van der Waals surface area contributed by atoms with Crippen molar-refractivity contribution in [1.82, 2.24) is 0 Å². The summed E-state index contributed by atoms with van der Waals surface area (Å²) in [4.78, 5) is 5.13. The summed E-state index contributed by atoms with van der Waals surface area (Å²) in [6.07, 6.45) is 7.67. The SMILES string of the molecule is CC(C)c1cc2c3c(c1)N(c1cc(-c4coc5ccccc45)cc(-c4coc5ccccc45)c1)c1ccc(C(C)(C)C)cc1B3c1cc(C(C)(C)C)ccc1N2c1cc(-c2coc3ccccc23)cc(-c2coc3ccccc23)c1. The molecule has 0 amide bonds. The molecule has 0 bridgehead atoms. The maximum absolute atomic E-state index is 6.32. The van der Waals surface area contributed by atoms with Gasteiger partial charge in [0.2, 0.25) is 0 Å². The number of nitrogens with zero attached hydrogens (tertiary/aromatic N) is 2. The number of rotatable bonds is 7. The van der Waals surface area contributed by atoms with E-state index in [-0.39, 0.29) is 23.5 Å². The molecule has 0 unspecified atom stereocenters. The first-order valence-electron chi connectivity index (χ1n) is 28.0. The van der Waals surface area contributed by atoms with Gasteiger partial charge in [-0.15, -0.1) is 0 Å². The van der Waals surface area contributed by atoms with Gasteiger partial charge in [0, 0.05) is 77.9 Å². The van der Waals surface area contributed by atoms with E-state index in [0.29, 0.717) is 0 Å². The van der Waals surface area contributed by atoms with E-state index in [4.69, 9.17) is 17.7 Å². The highest BCUT2D eigenvalue weighted by Crippen LogP contribution is 2.50. The zero-order valence-electron chi connectivity index (χ0n) is 46.3. The largest absolute Gasteiger partial charge is 0.464 e. The Kier molecular flexibility index (Phi) is 10.6. The van der Waals surface area contributed by atoms with Crippen LogP contribution in [-0.4, -0.2) is 6.71 Å². The van der Waals surface area contributed by atoms with Crippen molar-refractivity contribution in [3.05, 3.63) is 224 Å². The predicted octanol–water partition coefficient (Wildman–Crippen LogP) is 19.1. The van der Waals surface area contributed by atoms with E-state index in [1.54, 1.807) is 0 Å². The van der Waals surface area contributed by atoms with E-state index in [2.05, 4.69) is 199 Å². The molecule has 0 radical (unpaired) electrons. The van der Waals surface area contributed by atoms with Gasteiger partial charge in [0.25, 0.3) is 6.71 Å². The number of hydrogen-bond acceptors (Lipinski definition) is 6. The first-order chi connectivity index (χ1) is 38.7. The van der Waals surface area contributed by atoms with Gasteiger partial charge >= 0.3 is 0 Å². The molecular formula is C73H59BN2O4. The third-order valence-electron chi connectivity index (χ3n) is 17.0. The van der Waals surface area contributed by atoms with Gasteiger partial charge in [-0.25, -0.2) is 0 Å².